The molecule has 1 saturated heterocycles. The van der Waals surface area contributed by atoms with Crippen LogP contribution in [0.3, 0.4) is 0 Å². The largest absolute Gasteiger partial charge is 0.373 e. The molecule has 0 atom stereocenters. The highest BCUT2D eigenvalue weighted by Gasteiger charge is 2.11. The van der Waals surface area contributed by atoms with Gasteiger partial charge in [0, 0.05) is 0 Å². The summed E-state index contributed by atoms with van der Waals surface area (Å²) in [5.74, 6) is 0. The molecule has 0 radical (unpaired) electrons. The van der Waals surface area contributed by atoms with Gasteiger partial charge in [-0.3, -0.25) is 9.90 Å². The SMILES string of the molecule is C=C1COCCN1OC. The second-order valence-corrected chi connectivity index (χ2v) is 1.90. The fourth-order valence-electron chi connectivity index (χ4n) is 0.788. The van der Waals surface area contributed by atoms with Gasteiger partial charge in [0.2, 0.25) is 0 Å². The molecule has 1 aliphatic rings. The molecule has 0 bridgehead atoms. The molecule has 1 heterocycles. The lowest BCUT2D eigenvalue weighted by Gasteiger charge is -2.27. The van der Waals surface area contributed by atoms with Crippen LogP contribution in [-0.4, -0.2) is 31.9 Å². The van der Waals surface area contributed by atoms with Gasteiger partial charge >= 0.3 is 0 Å². The topological polar surface area (TPSA) is 21.7 Å². The Morgan fingerprint density at radius 3 is 3.00 bits per heavy atom. The Hall–Kier alpha value is -0.540. The average Bonchev–Trinajstić information content (AvgIpc) is 1.89. The van der Waals surface area contributed by atoms with E-state index in [-0.39, 0.29) is 0 Å². The van der Waals surface area contributed by atoms with Crippen LogP contribution in [0.25, 0.3) is 0 Å². The molecule has 0 aromatic carbocycles. The molecule has 0 spiro atoms. The van der Waals surface area contributed by atoms with E-state index in [0.717, 1.165) is 18.8 Å². The Labute approximate surface area is 54.8 Å². The van der Waals surface area contributed by atoms with Gasteiger partial charge in [-0.25, -0.2) is 0 Å². The molecule has 9 heavy (non-hydrogen) atoms. The molecule has 0 saturated carbocycles. The monoisotopic (exact) mass is 129 g/mol. The predicted octanol–water partition coefficient (Wildman–Crippen LogP) is 0.394. The highest BCUT2D eigenvalue weighted by Crippen LogP contribution is 2.06. The van der Waals surface area contributed by atoms with Gasteiger partial charge in [0.25, 0.3) is 0 Å². The van der Waals surface area contributed by atoms with E-state index in [0.29, 0.717) is 6.61 Å². The first-order chi connectivity index (χ1) is 4.34. The van der Waals surface area contributed by atoms with Crippen molar-refractivity contribution < 1.29 is 9.57 Å². The van der Waals surface area contributed by atoms with Crippen molar-refractivity contribution in [3.63, 3.8) is 0 Å². The van der Waals surface area contributed by atoms with Gasteiger partial charge in [0.15, 0.2) is 0 Å². The fraction of sp³-hybridized carbons (Fsp3) is 0.667. The minimum atomic E-state index is 0.591. The molecule has 0 unspecified atom stereocenters. The van der Waals surface area contributed by atoms with Gasteiger partial charge in [0.1, 0.15) is 0 Å². The summed E-state index contributed by atoms with van der Waals surface area (Å²) in [6, 6.07) is 0. The number of hydrogen-bond acceptors (Lipinski definition) is 3. The van der Waals surface area contributed by atoms with E-state index in [4.69, 9.17) is 9.57 Å². The molecule has 0 N–H and O–H groups in total. The van der Waals surface area contributed by atoms with E-state index in [1.54, 1.807) is 12.2 Å². The third-order valence-electron chi connectivity index (χ3n) is 1.28. The lowest BCUT2D eigenvalue weighted by Crippen LogP contribution is -2.32. The fourth-order valence-corrected chi connectivity index (χ4v) is 0.788. The summed E-state index contributed by atoms with van der Waals surface area (Å²) in [6.45, 7) is 5.85. The van der Waals surface area contributed by atoms with E-state index in [1.807, 2.05) is 0 Å². The Kier molecular flexibility index (Phi) is 2.08. The molecular formula is C6H11NO2. The standard InChI is InChI=1S/C6H11NO2/c1-6-5-9-4-3-7(6)8-2/h1,3-5H2,2H3. The maximum Gasteiger partial charge on any atom is 0.0883 e. The van der Waals surface area contributed by atoms with Crippen LogP contribution in [0, 0.1) is 0 Å². The van der Waals surface area contributed by atoms with Crippen LogP contribution in [0.15, 0.2) is 12.3 Å². The van der Waals surface area contributed by atoms with Crippen molar-refractivity contribution in [2.45, 2.75) is 0 Å². The smallest absolute Gasteiger partial charge is 0.0883 e. The van der Waals surface area contributed by atoms with E-state index < -0.39 is 0 Å². The van der Waals surface area contributed by atoms with E-state index in [2.05, 4.69) is 6.58 Å². The first kappa shape index (κ1) is 6.58. The predicted molar refractivity (Wildman–Crippen MR) is 33.7 cm³/mol. The lowest BCUT2D eigenvalue weighted by atomic mass is 10.4. The molecule has 52 valence electrons. The van der Waals surface area contributed by atoms with E-state index in [1.165, 1.54) is 0 Å². The van der Waals surface area contributed by atoms with Crippen LogP contribution in [0.4, 0.5) is 0 Å². The number of rotatable bonds is 1. The molecular weight excluding hydrogens is 118 g/mol. The van der Waals surface area contributed by atoms with Gasteiger partial charge in [-0.15, -0.1) is 0 Å². The third-order valence-corrected chi connectivity index (χ3v) is 1.28. The van der Waals surface area contributed by atoms with Gasteiger partial charge in [-0.2, -0.15) is 0 Å². The Morgan fingerprint density at radius 1 is 1.78 bits per heavy atom. The Balaban J connectivity index is 2.39. The zero-order valence-electron chi connectivity index (χ0n) is 5.59. The van der Waals surface area contributed by atoms with Crippen LogP contribution in [0.1, 0.15) is 0 Å². The summed E-state index contributed by atoms with van der Waals surface area (Å²) in [7, 11) is 1.64. The Bertz CT molecular complexity index is 114. The summed E-state index contributed by atoms with van der Waals surface area (Å²) >= 11 is 0. The third kappa shape index (κ3) is 1.43. The number of nitrogens with zero attached hydrogens (tertiary/aromatic N) is 1. The molecule has 0 aromatic heterocycles. The number of morpholine rings is 1. The summed E-state index contributed by atoms with van der Waals surface area (Å²) in [6.07, 6.45) is 0. The molecule has 0 aromatic rings. The highest BCUT2D eigenvalue weighted by molar-refractivity contribution is 4.92. The Morgan fingerprint density at radius 2 is 2.56 bits per heavy atom. The summed E-state index contributed by atoms with van der Waals surface area (Å²) in [5, 5.41) is 1.74. The quantitative estimate of drug-likeness (QED) is 0.511. The summed E-state index contributed by atoms with van der Waals surface area (Å²) < 4.78 is 5.09. The van der Waals surface area contributed by atoms with Crippen molar-refractivity contribution in [3.05, 3.63) is 12.3 Å². The maximum absolute atomic E-state index is 5.09. The van der Waals surface area contributed by atoms with Crippen LogP contribution >= 0.6 is 0 Å². The first-order valence-electron chi connectivity index (χ1n) is 2.92. The molecule has 1 aliphatic heterocycles. The van der Waals surface area contributed by atoms with Crippen LogP contribution in [0.2, 0.25) is 0 Å². The number of ether oxygens (including phenoxy) is 1. The van der Waals surface area contributed by atoms with Gasteiger partial charge in [-0.1, -0.05) is 6.58 Å². The first-order valence-corrected chi connectivity index (χ1v) is 2.92. The average molecular weight is 129 g/mol. The van der Waals surface area contributed by atoms with Crippen LogP contribution in [0.5, 0.6) is 0 Å². The van der Waals surface area contributed by atoms with Crippen LogP contribution in [-0.2, 0) is 9.57 Å². The zero-order chi connectivity index (χ0) is 6.69. The molecule has 0 amide bonds. The normalized spacial score (nSPS) is 20.6. The second-order valence-electron chi connectivity index (χ2n) is 1.90. The highest BCUT2D eigenvalue weighted by atomic mass is 16.7. The van der Waals surface area contributed by atoms with Gasteiger partial charge in [-0.05, 0) is 0 Å². The number of hydroxylamine groups is 2. The maximum atomic E-state index is 5.09. The van der Waals surface area contributed by atoms with E-state index >= 15 is 0 Å². The molecule has 1 fully saturated rings. The van der Waals surface area contributed by atoms with Crippen molar-refractivity contribution in [1.82, 2.24) is 5.06 Å². The molecule has 3 nitrogen and oxygen atoms in total. The minimum Gasteiger partial charge on any atom is -0.373 e. The number of hydrogen-bond donors (Lipinski definition) is 0. The molecule has 3 heteroatoms. The minimum absolute atomic E-state index is 0.591. The second kappa shape index (κ2) is 2.85. The molecule has 1 rings (SSSR count). The summed E-state index contributed by atoms with van der Waals surface area (Å²) in [5.41, 5.74) is 0.892. The van der Waals surface area contributed by atoms with Gasteiger partial charge < -0.3 is 4.74 Å². The van der Waals surface area contributed by atoms with Crippen molar-refractivity contribution in [1.29, 1.82) is 0 Å². The molecule has 0 aliphatic carbocycles. The van der Waals surface area contributed by atoms with Crippen molar-refractivity contribution in [2.75, 3.05) is 26.9 Å². The lowest BCUT2D eigenvalue weighted by molar-refractivity contribution is -0.139. The van der Waals surface area contributed by atoms with Crippen molar-refractivity contribution in [3.8, 4) is 0 Å². The van der Waals surface area contributed by atoms with Crippen LogP contribution < -0.4 is 0 Å². The van der Waals surface area contributed by atoms with Crippen molar-refractivity contribution in [2.24, 2.45) is 0 Å². The summed E-state index contributed by atoms with van der Waals surface area (Å²) in [4.78, 5) is 4.96. The van der Waals surface area contributed by atoms with E-state index in [9.17, 15) is 0 Å². The van der Waals surface area contributed by atoms with Gasteiger partial charge in [0.05, 0.1) is 32.6 Å². The zero-order valence-corrected chi connectivity index (χ0v) is 5.59. The van der Waals surface area contributed by atoms with Crippen molar-refractivity contribution >= 4 is 0 Å².